The molecule has 0 bridgehead atoms. The lowest BCUT2D eigenvalue weighted by Crippen LogP contribution is -2.15. The highest BCUT2D eigenvalue weighted by Gasteiger charge is 2.27. The number of carboxylic acid groups (broad SMARTS) is 1. The summed E-state index contributed by atoms with van der Waals surface area (Å²) in [6.45, 7) is 0. The Labute approximate surface area is 109 Å². The lowest BCUT2D eigenvalue weighted by Gasteiger charge is -2.16. The number of rotatable bonds is 2. The lowest BCUT2D eigenvalue weighted by molar-refractivity contribution is -0.133. The van der Waals surface area contributed by atoms with Crippen molar-refractivity contribution in [1.29, 1.82) is 0 Å². The van der Waals surface area contributed by atoms with Crippen molar-refractivity contribution < 1.29 is 14.7 Å². The van der Waals surface area contributed by atoms with Crippen molar-refractivity contribution in [2.24, 2.45) is 0 Å². The number of para-hydroxylation sites is 1. The number of aliphatic carboxylic acids is 1. The van der Waals surface area contributed by atoms with E-state index < -0.39 is 5.97 Å². The van der Waals surface area contributed by atoms with Gasteiger partial charge in [-0.05, 0) is 18.9 Å². The second-order valence-corrected chi connectivity index (χ2v) is 4.68. The van der Waals surface area contributed by atoms with Crippen LogP contribution in [0.15, 0.2) is 36.0 Å². The van der Waals surface area contributed by atoms with E-state index in [4.69, 9.17) is 0 Å². The molecule has 2 aromatic rings. The molecule has 3 rings (SSSR count). The third-order valence-electron chi connectivity index (χ3n) is 3.53. The Kier molecular flexibility index (Phi) is 2.71. The number of hydrogen-bond donors (Lipinski definition) is 2. The Balaban J connectivity index is 2.28. The second-order valence-electron chi connectivity index (χ2n) is 4.68. The number of carbonyl (C=O) groups excluding carboxylic acids is 1. The third-order valence-corrected chi connectivity index (χ3v) is 3.53. The van der Waals surface area contributed by atoms with Crippen LogP contribution < -0.4 is 0 Å². The molecule has 4 heteroatoms. The number of carbonyl (C=O) groups is 2. The highest BCUT2D eigenvalue weighted by molar-refractivity contribution is 6.29. The van der Waals surface area contributed by atoms with Gasteiger partial charge in [0.1, 0.15) is 0 Å². The zero-order valence-electron chi connectivity index (χ0n) is 10.3. The Morgan fingerprint density at radius 3 is 2.79 bits per heavy atom. The van der Waals surface area contributed by atoms with Crippen LogP contribution >= 0.6 is 0 Å². The predicted octanol–water partition coefficient (Wildman–Crippen LogP) is 2.76. The summed E-state index contributed by atoms with van der Waals surface area (Å²) in [5, 5.41) is 10.2. The van der Waals surface area contributed by atoms with Crippen LogP contribution in [0.2, 0.25) is 0 Å². The number of aromatic nitrogens is 1. The van der Waals surface area contributed by atoms with E-state index in [1.165, 1.54) is 0 Å². The van der Waals surface area contributed by atoms with E-state index in [1.54, 1.807) is 6.20 Å². The van der Waals surface area contributed by atoms with Crippen LogP contribution in [0.25, 0.3) is 16.5 Å². The van der Waals surface area contributed by atoms with E-state index >= 15 is 0 Å². The van der Waals surface area contributed by atoms with Crippen molar-refractivity contribution in [3.8, 4) is 0 Å². The summed E-state index contributed by atoms with van der Waals surface area (Å²) in [6.07, 6.45) is 3.22. The molecule has 0 fully saturated rings. The van der Waals surface area contributed by atoms with Gasteiger partial charge < -0.3 is 10.1 Å². The molecule has 0 amide bonds. The van der Waals surface area contributed by atoms with Gasteiger partial charge in [-0.2, -0.15) is 0 Å². The maximum Gasteiger partial charge on any atom is 0.332 e. The minimum absolute atomic E-state index is 0.0756. The van der Waals surface area contributed by atoms with Crippen LogP contribution in [0, 0.1) is 0 Å². The molecule has 1 aliphatic carbocycles. The van der Waals surface area contributed by atoms with Gasteiger partial charge in [0.15, 0.2) is 5.78 Å². The Bertz CT molecular complexity index is 709. The number of hydrogen-bond acceptors (Lipinski definition) is 2. The smallest absolute Gasteiger partial charge is 0.332 e. The molecule has 1 aromatic carbocycles. The molecule has 0 radical (unpaired) electrons. The number of ketones is 1. The van der Waals surface area contributed by atoms with Gasteiger partial charge in [-0.25, -0.2) is 4.79 Å². The van der Waals surface area contributed by atoms with Gasteiger partial charge in [-0.3, -0.25) is 4.79 Å². The molecule has 0 saturated carbocycles. The second kappa shape index (κ2) is 4.39. The normalized spacial score (nSPS) is 16.1. The molecule has 0 spiro atoms. The van der Waals surface area contributed by atoms with Crippen LogP contribution in [0.4, 0.5) is 0 Å². The van der Waals surface area contributed by atoms with Crippen molar-refractivity contribution >= 4 is 28.2 Å². The summed E-state index contributed by atoms with van der Waals surface area (Å²) in [5.74, 6) is -1.07. The third kappa shape index (κ3) is 1.85. The van der Waals surface area contributed by atoms with E-state index in [9.17, 15) is 14.7 Å². The summed E-state index contributed by atoms with van der Waals surface area (Å²) >= 11 is 0. The fourth-order valence-electron chi connectivity index (χ4n) is 2.65. The summed E-state index contributed by atoms with van der Waals surface area (Å²) in [7, 11) is 0. The molecular weight excluding hydrogens is 242 g/mol. The number of carboxylic acids is 1. The molecule has 1 aromatic heterocycles. The summed E-state index contributed by atoms with van der Waals surface area (Å²) in [4.78, 5) is 26.5. The summed E-state index contributed by atoms with van der Waals surface area (Å²) in [5.41, 5.74) is 2.23. The molecule has 0 aliphatic heterocycles. The number of nitrogens with one attached hydrogen (secondary N) is 1. The number of fused-ring (bicyclic) bond motifs is 1. The number of aromatic amines is 1. The maximum atomic E-state index is 12.1. The van der Waals surface area contributed by atoms with Crippen molar-refractivity contribution in [3.05, 3.63) is 41.6 Å². The van der Waals surface area contributed by atoms with E-state index in [0.717, 1.165) is 10.9 Å². The van der Waals surface area contributed by atoms with Gasteiger partial charge in [0.05, 0.1) is 0 Å². The summed E-state index contributed by atoms with van der Waals surface area (Å²) in [6, 6.07) is 7.59. The zero-order valence-corrected chi connectivity index (χ0v) is 10.3. The molecule has 1 aliphatic rings. The fourth-order valence-corrected chi connectivity index (χ4v) is 2.65. The maximum absolute atomic E-state index is 12.1. The SMILES string of the molecule is O=C(O)C1=C(c2c[nH]c3ccccc23)C(=O)CCC1. The van der Waals surface area contributed by atoms with Crippen LogP contribution in [0.1, 0.15) is 24.8 Å². The van der Waals surface area contributed by atoms with Crippen LogP contribution in [-0.2, 0) is 9.59 Å². The highest BCUT2D eigenvalue weighted by atomic mass is 16.4. The molecule has 0 atom stereocenters. The van der Waals surface area contributed by atoms with Crippen molar-refractivity contribution in [3.63, 3.8) is 0 Å². The first kappa shape index (κ1) is 11.7. The minimum atomic E-state index is -0.992. The predicted molar refractivity (Wildman–Crippen MR) is 71.7 cm³/mol. The van der Waals surface area contributed by atoms with E-state index in [2.05, 4.69) is 4.98 Å². The molecule has 0 unspecified atom stereocenters. The van der Waals surface area contributed by atoms with Crippen molar-refractivity contribution in [2.45, 2.75) is 19.3 Å². The van der Waals surface area contributed by atoms with Gasteiger partial charge in [0.2, 0.25) is 0 Å². The van der Waals surface area contributed by atoms with E-state index in [-0.39, 0.29) is 11.4 Å². The minimum Gasteiger partial charge on any atom is -0.478 e. The van der Waals surface area contributed by atoms with Gasteiger partial charge >= 0.3 is 5.97 Å². The largest absolute Gasteiger partial charge is 0.478 e. The molecule has 19 heavy (non-hydrogen) atoms. The number of H-pyrrole nitrogens is 1. The lowest BCUT2D eigenvalue weighted by atomic mass is 9.86. The molecule has 1 heterocycles. The number of benzene rings is 1. The Morgan fingerprint density at radius 2 is 2.00 bits per heavy atom. The summed E-state index contributed by atoms with van der Waals surface area (Å²) < 4.78 is 0. The molecule has 2 N–H and O–H groups in total. The monoisotopic (exact) mass is 255 g/mol. The quantitative estimate of drug-likeness (QED) is 0.866. The first-order valence-electron chi connectivity index (χ1n) is 6.24. The standard InChI is InChI=1S/C15H13NO3/c17-13-7-3-5-10(15(18)19)14(13)11-8-16-12-6-2-1-4-9(11)12/h1-2,4,6,8,16H,3,5,7H2,(H,18,19). The molecular formula is C15H13NO3. The highest BCUT2D eigenvalue weighted by Crippen LogP contribution is 2.33. The van der Waals surface area contributed by atoms with Crippen LogP contribution in [0.3, 0.4) is 0 Å². The number of Topliss-reactive ketones (excluding diaryl/α,β-unsaturated/α-hetero) is 1. The van der Waals surface area contributed by atoms with Crippen molar-refractivity contribution in [2.75, 3.05) is 0 Å². The first-order valence-corrected chi connectivity index (χ1v) is 6.24. The zero-order chi connectivity index (χ0) is 13.4. The van der Waals surface area contributed by atoms with E-state index in [0.29, 0.717) is 30.4 Å². The first-order chi connectivity index (χ1) is 9.18. The fraction of sp³-hybridized carbons (Fsp3) is 0.200. The molecule has 96 valence electrons. The van der Waals surface area contributed by atoms with Gasteiger partial charge in [-0.15, -0.1) is 0 Å². The topological polar surface area (TPSA) is 70.2 Å². The van der Waals surface area contributed by atoms with Crippen molar-refractivity contribution in [1.82, 2.24) is 4.98 Å². The molecule has 0 saturated heterocycles. The van der Waals surface area contributed by atoms with Crippen LogP contribution in [-0.4, -0.2) is 21.8 Å². The van der Waals surface area contributed by atoms with Gasteiger partial charge in [0, 0.05) is 40.2 Å². The van der Waals surface area contributed by atoms with E-state index in [1.807, 2.05) is 24.3 Å². The average molecular weight is 255 g/mol. The molecule has 4 nitrogen and oxygen atoms in total. The Morgan fingerprint density at radius 1 is 1.21 bits per heavy atom. The average Bonchev–Trinajstić information content (AvgIpc) is 2.82. The van der Waals surface area contributed by atoms with Gasteiger partial charge in [0.25, 0.3) is 0 Å². The number of allylic oxidation sites excluding steroid dienone is 1. The van der Waals surface area contributed by atoms with Gasteiger partial charge in [-0.1, -0.05) is 18.2 Å². The Hall–Kier alpha value is -2.36. The van der Waals surface area contributed by atoms with Crippen LogP contribution in [0.5, 0.6) is 0 Å².